The third-order valence-electron chi connectivity index (χ3n) is 2.39. The molecule has 0 heterocycles. The molecule has 2 heteroatoms. The molecule has 0 aliphatic rings. The summed E-state index contributed by atoms with van der Waals surface area (Å²) in [6, 6.07) is 2.16. The van der Waals surface area contributed by atoms with E-state index in [-0.39, 0.29) is 5.60 Å². The summed E-state index contributed by atoms with van der Waals surface area (Å²) < 4.78 is 5.58. The highest BCUT2D eigenvalue weighted by Crippen LogP contribution is 2.24. The Bertz CT molecular complexity index is 158. The van der Waals surface area contributed by atoms with E-state index >= 15 is 0 Å². The van der Waals surface area contributed by atoms with Crippen molar-refractivity contribution in [3.05, 3.63) is 0 Å². The van der Waals surface area contributed by atoms with Gasteiger partial charge in [-0.15, -0.1) is 0 Å². The Kier molecular flexibility index (Phi) is 4.92. The number of hydrogen-bond donors (Lipinski definition) is 0. The predicted octanol–water partition coefficient (Wildman–Crippen LogP) is 2.74. The summed E-state index contributed by atoms with van der Waals surface area (Å²) in [7, 11) is 0. The molecule has 1 atom stereocenters. The lowest BCUT2D eigenvalue weighted by Gasteiger charge is -2.31. The van der Waals surface area contributed by atoms with Crippen molar-refractivity contribution >= 4 is 0 Å². The molecule has 2 nitrogen and oxygen atoms in total. The fourth-order valence-electron chi connectivity index (χ4n) is 1.14. The minimum absolute atomic E-state index is 0.0917. The van der Waals surface area contributed by atoms with E-state index in [4.69, 9.17) is 10.00 Å². The molecular formula is C10H19NO. The fourth-order valence-corrected chi connectivity index (χ4v) is 1.14. The molecule has 0 saturated heterocycles. The van der Waals surface area contributed by atoms with E-state index in [0.717, 1.165) is 13.0 Å². The first kappa shape index (κ1) is 11.4. The van der Waals surface area contributed by atoms with Crippen molar-refractivity contribution in [3.8, 4) is 6.07 Å². The molecule has 0 aliphatic carbocycles. The van der Waals surface area contributed by atoms with Crippen molar-refractivity contribution < 1.29 is 4.74 Å². The Morgan fingerprint density at radius 2 is 2.08 bits per heavy atom. The monoisotopic (exact) mass is 169 g/mol. The van der Waals surface area contributed by atoms with Crippen LogP contribution in [-0.4, -0.2) is 12.2 Å². The number of ether oxygens (including phenoxy) is 1. The zero-order valence-corrected chi connectivity index (χ0v) is 8.55. The van der Waals surface area contributed by atoms with E-state index in [2.05, 4.69) is 26.8 Å². The minimum Gasteiger partial charge on any atom is -0.376 e. The van der Waals surface area contributed by atoms with Gasteiger partial charge >= 0.3 is 0 Å². The van der Waals surface area contributed by atoms with Crippen molar-refractivity contribution in [1.29, 1.82) is 5.26 Å². The van der Waals surface area contributed by atoms with Gasteiger partial charge in [-0.25, -0.2) is 0 Å². The largest absolute Gasteiger partial charge is 0.376 e. The quantitative estimate of drug-likeness (QED) is 0.634. The van der Waals surface area contributed by atoms with Crippen LogP contribution < -0.4 is 0 Å². The lowest BCUT2D eigenvalue weighted by Crippen LogP contribution is -2.32. The molecule has 1 unspecified atom stereocenters. The van der Waals surface area contributed by atoms with Crippen LogP contribution >= 0.6 is 0 Å². The zero-order valence-electron chi connectivity index (χ0n) is 8.55. The van der Waals surface area contributed by atoms with Crippen molar-refractivity contribution in [2.24, 2.45) is 5.92 Å². The highest BCUT2D eigenvalue weighted by molar-refractivity contribution is 4.80. The maximum atomic E-state index is 8.42. The lowest BCUT2D eigenvalue weighted by molar-refractivity contribution is -0.0508. The zero-order chi connectivity index (χ0) is 9.61. The Morgan fingerprint density at radius 3 is 2.50 bits per heavy atom. The molecule has 0 aromatic rings. The van der Waals surface area contributed by atoms with E-state index < -0.39 is 0 Å². The highest BCUT2D eigenvalue weighted by Gasteiger charge is 2.25. The van der Waals surface area contributed by atoms with E-state index in [1.807, 2.05) is 6.92 Å². The number of hydrogen-bond acceptors (Lipinski definition) is 2. The number of nitriles is 1. The van der Waals surface area contributed by atoms with E-state index in [1.165, 1.54) is 0 Å². The van der Waals surface area contributed by atoms with Gasteiger partial charge in [-0.05, 0) is 33.1 Å². The second-order valence-corrected chi connectivity index (χ2v) is 3.63. The molecule has 0 saturated carbocycles. The smallest absolute Gasteiger partial charge is 0.0652 e. The molecule has 12 heavy (non-hydrogen) atoms. The van der Waals surface area contributed by atoms with Gasteiger partial charge in [-0.2, -0.15) is 5.26 Å². The van der Waals surface area contributed by atoms with Gasteiger partial charge in [0.05, 0.1) is 11.7 Å². The van der Waals surface area contributed by atoms with Crippen molar-refractivity contribution in [2.75, 3.05) is 6.61 Å². The molecule has 0 aromatic carbocycles. The Balaban J connectivity index is 3.89. The van der Waals surface area contributed by atoms with Crippen LogP contribution in [0.1, 0.15) is 40.5 Å². The first-order valence-electron chi connectivity index (χ1n) is 4.55. The predicted molar refractivity (Wildman–Crippen MR) is 49.7 cm³/mol. The van der Waals surface area contributed by atoms with Crippen LogP contribution in [0.4, 0.5) is 0 Å². The second kappa shape index (κ2) is 5.16. The van der Waals surface area contributed by atoms with Gasteiger partial charge < -0.3 is 4.74 Å². The van der Waals surface area contributed by atoms with E-state index in [1.54, 1.807) is 0 Å². The van der Waals surface area contributed by atoms with Crippen LogP contribution in [0.15, 0.2) is 0 Å². The first-order chi connectivity index (χ1) is 5.54. The van der Waals surface area contributed by atoms with Gasteiger partial charge in [0.15, 0.2) is 0 Å². The van der Waals surface area contributed by atoms with Crippen LogP contribution in [0.5, 0.6) is 0 Å². The van der Waals surface area contributed by atoms with E-state index in [0.29, 0.717) is 12.3 Å². The average Bonchev–Trinajstić information content (AvgIpc) is 2.00. The third kappa shape index (κ3) is 3.73. The molecule has 0 radical (unpaired) electrons. The van der Waals surface area contributed by atoms with Crippen LogP contribution in [0.2, 0.25) is 0 Å². The molecule has 0 amide bonds. The van der Waals surface area contributed by atoms with E-state index in [9.17, 15) is 0 Å². The summed E-state index contributed by atoms with van der Waals surface area (Å²) >= 11 is 0. The number of rotatable bonds is 5. The topological polar surface area (TPSA) is 33.0 Å². The van der Waals surface area contributed by atoms with Crippen molar-refractivity contribution in [1.82, 2.24) is 0 Å². The molecular weight excluding hydrogens is 150 g/mol. The fraction of sp³-hybridized carbons (Fsp3) is 0.900. The van der Waals surface area contributed by atoms with Crippen molar-refractivity contribution in [2.45, 2.75) is 46.1 Å². The average molecular weight is 169 g/mol. The summed E-state index contributed by atoms with van der Waals surface area (Å²) in [5, 5.41) is 8.42. The molecule has 70 valence electrons. The highest BCUT2D eigenvalue weighted by atomic mass is 16.5. The standard InChI is InChI=1S/C10H19NO/c1-5-12-10(3,4)9(2)7-6-8-11/h9H,5-7H2,1-4H3. The van der Waals surface area contributed by atoms with Crippen molar-refractivity contribution in [3.63, 3.8) is 0 Å². The normalized spacial score (nSPS) is 13.9. The summed E-state index contributed by atoms with van der Waals surface area (Å²) in [5.74, 6) is 0.442. The third-order valence-corrected chi connectivity index (χ3v) is 2.39. The molecule has 0 bridgehead atoms. The minimum atomic E-state index is -0.0917. The first-order valence-corrected chi connectivity index (χ1v) is 4.55. The summed E-state index contributed by atoms with van der Waals surface area (Å²) in [4.78, 5) is 0. The lowest BCUT2D eigenvalue weighted by atomic mass is 9.89. The van der Waals surface area contributed by atoms with Gasteiger partial charge in [0.2, 0.25) is 0 Å². The molecule has 0 N–H and O–H groups in total. The van der Waals surface area contributed by atoms with Gasteiger partial charge in [0.1, 0.15) is 0 Å². The molecule has 0 spiro atoms. The molecule has 0 aromatic heterocycles. The van der Waals surface area contributed by atoms with Gasteiger partial charge in [-0.1, -0.05) is 6.92 Å². The SMILES string of the molecule is CCOC(C)(C)C(C)CCC#N. The van der Waals surface area contributed by atoms with Crippen LogP contribution in [0.25, 0.3) is 0 Å². The van der Waals surface area contributed by atoms with Gasteiger partial charge in [0, 0.05) is 13.0 Å². The molecule has 0 rings (SSSR count). The molecule has 0 fully saturated rings. The van der Waals surface area contributed by atoms with Gasteiger partial charge in [-0.3, -0.25) is 0 Å². The Hall–Kier alpha value is -0.550. The van der Waals surface area contributed by atoms with Gasteiger partial charge in [0.25, 0.3) is 0 Å². The summed E-state index contributed by atoms with van der Waals surface area (Å²) in [6.45, 7) is 9.03. The van der Waals surface area contributed by atoms with Crippen LogP contribution in [-0.2, 0) is 4.74 Å². The Morgan fingerprint density at radius 1 is 1.50 bits per heavy atom. The maximum Gasteiger partial charge on any atom is 0.0652 e. The van der Waals surface area contributed by atoms with Crippen LogP contribution in [0, 0.1) is 17.2 Å². The second-order valence-electron chi connectivity index (χ2n) is 3.63. The maximum absolute atomic E-state index is 8.42. The molecule has 0 aliphatic heterocycles. The summed E-state index contributed by atoms with van der Waals surface area (Å²) in [6.07, 6.45) is 1.54. The van der Waals surface area contributed by atoms with Crippen LogP contribution in [0.3, 0.4) is 0 Å². The summed E-state index contributed by atoms with van der Waals surface area (Å²) in [5.41, 5.74) is -0.0917. The Labute approximate surface area is 75.5 Å². The number of nitrogens with zero attached hydrogens (tertiary/aromatic N) is 1.